The van der Waals surface area contributed by atoms with E-state index in [-0.39, 0.29) is 17.9 Å². The van der Waals surface area contributed by atoms with E-state index in [0.29, 0.717) is 8.95 Å². The summed E-state index contributed by atoms with van der Waals surface area (Å²) in [5.41, 5.74) is 0.890. The maximum atomic E-state index is 12.3. The average molecular weight is 445 g/mol. The van der Waals surface area contributed by atoms with Crippen LogP contribution in [-0.4, -0.2) is 39.3 Å². The Morgan fingerprint density at radius 2 is 2.00 bits per heavy atom. The monoisotopic (exact) mass is 443 g/mol. The molecule has 1 atom stereocenters. The van der Waals surface area contributed by atoms with Crippen molar-refractivity contribution in [2.45, 2.75) is 24.3 Å². The van der Waals surface area contributed by atoms with E-state index in [0.717, 1.165) is 5.56 Å². The highest BCUT2D eigenvalue weighted by molar-refractivity contribution is 9.11. The zero-order valence-corrected chi connectivity index (χ0v) is 15.4. The molecule has 0 aromatic heterocycles. The van der Waals surface area contributed by atoms with Crippen molar-refractivity contribution in [3.05, 3.63) is 26.6 Å². The minimum absolute atomic E-state index is 0.0742. The molecule has 0 fully saturated rings. The predicted octanol–water partition coefficient (Wildman–Crippen LogP) is 2.29. The largest absolute Gasteiger partial charge is 0.481 e. The summed E-state index contributed by atoms with van der Waals surface area (Å²) in [5, 5.41) is 8.70. The normalized spacial score (nSPS) is 13.1. The number of aliphatic carboxylic acids is 1. The van der Waals surface area contributed by atoms with Gasteiger partial charge in [0.25, 0.3) is 0 Å². The van der Waals surface area contributed by atoms with Crippen molar-refractivity contribution in [1.82, 2.24) is 4.72 Å². The van der Waals surface area contributed by atoms with E-state index in [1.165, 1.54) is 13.2 Å². The number of rotatable bonds is 7. The molecule has 0 aliphatic rings. The van der Waals surface area contributed by atoms with Crippen LogP contribution in [0.25, 0.3) is 0 Å². The van der Waals surface area contributed by atoms with Gasteiger partial charge in [0.05, 0.1) is 17.4 Å². The summed E-state index contributed by atoms with van der Waals surface area (Å²) in [6.07, 6.45) is -1.01. The highest BCUT2D eigenvalue weighted by Crippen LogP contribution is 2.28. The van der Waals surface area contributed by atoms with E-state index in [1.54, 1.807) is 6.07 Å². The fraction of sp³-hybridized carbons (Fsp3) is 0.417. The molecular formula is C12H15Br2NO5S. The molecule has 0 spiro atoms. The first-order valence-electron chi connectivity index (χ1n) is 5.87. The summed E-state index contributed by atoms with van der Waals surface area (Å²) < 4.78 is 32.9. The Morgan fingerprint density at radius 3 is 2.52 bits per heavy atom. The van der Waals surface area contributed by atoms with Gasteiger partial charge in [0.2, 0.25) is 10.0 Å². The lowest BCUT2D eigenvalue weighted by molar-refractivity contribution is -0.139. The van der Waals surface area contributed by atoms with E-state index >= 15 is 0 Å². The number of carboxylic acids is 1. The molecule has 0 radical (unpaired) electrons. The maximum absolute atomic E-state index is 12.3. The number of aryl methyl sites for hydroxylation is 1. The van der Waals surface area contributed by atoms with Crippen LogP contribution in [0.15, 0.2) is 26.0 Å². The first-order chi connectivity index (χ1) is 9.67. The number of sulfonamides is 1. The molecule has 0 saturated heterocycles. The van der Waals surface area contributed by atoms with Gasteiger partial charge in [-0.2, -0.15) is 0 Å². The molecule has 0 saturated carbocycles. The molecule has 0 bridgehead atoms. The number of hydrogen-bond acceptors (Lipinski definition) is 4. The van der Waals surface area contributed by atoms with Crippen LogP contribution >= 0.6 is 31.9 Å². The molecule has 6 nitrogen and oxygen atoms in total. The van der Waals surface area contributed by atoms with Crippen LogP contribution in [0.4, 0.5) is 0 Å². The first kappa shape index (κ1) is 18.6. The molecule has 21 heavy (non-hydrogen) atoms. The second-order valence-corrected chi connectivity index (χ2v) is 7.78. The fourth-order valence-corrected chi connectivity index (χ4v) is 4.29. The lowest BCUT2D eigenvalue weighted by Crippen LogP contribution is -2.34. The number of carboxylic acid groups (broad SMARTS) is 1. The Morgan fingerprint density at radius 1 is 1.38 bits per heavy atom. The highest BCUT2D eigenvalue weighted by Gasteiger charge is 2.21. The van der Waals surface area contributed by atoms with Gasteiger partial charge in [0.1, 0.15) is 0 Å². The van der Waals surface area contributed by atoms with Crippen molar-refractivity contribution in [3.63, 3.8) is 0 Å². The molecule has 1 unspecified atom stereocenters. The van der Waals surface area contributed by atoms with Crippen molar-refractivity contribution in [1.29, 1.82) is 0 Å². The van der Waals surface area contributed by atoms with Crippen LogP contribution in [0.1, 0.15) is 12.0 Å². The van der Waals surface area contributed by atoms with Gasteiger partial charge < -0.3 is 9.84 Å². The quantitative estimate of drug-likeness (QED) is 0.672. The summed E-state index contributed by atoms with van der Waals surface area (Å²) in [5.74, 6) is -1.06. The average Bonchev–Trinajstić information content (AvgIpc) is 2.38. The minimum Gasteiger partial charge on any atom is -0.481 e. The lowest BCUT2D eigenvalue weighted by atomic mass is 10.2. The van der Waals surface area contributed by atoms with Crippen molar-refractivity contribution < 1.29 is 23.1 Å². The summed E-state index contributed by atoms with van der Waals surface area (Å²) in [4.78, 5) is 10.7. The molecular weight excluding hydrogens is 430 g/mol. The number of hydrogen-bond donors (Lipinski definition) is 2. The van der Waals surface area contributed by atoms with Gasteiger partial charge in [-0.3, -0.25) is 4.79 Å². The summed E-state index contributed by atoms with van der Waals surface area (Å²) in [7, 11) is -2.44. The number of ether oxygens (including phenoxy) is 1. The molecule has 1 rings (SSSR count). The molecule has 9 heteroatoms. The van der Waals surface area contributed by atoms with E-state index in [1.807, 2.05) is 6.92 Å². The van der Waals surface area contributed by atoms with Crippen molar-refractivity contribution in [3.8, 4) is 0 Å². The van der Waals surface area contributed by atoms with Crippen LogP contribution < -0.4 is 4.72 Å². The number of benzene rings is 1. The molecule has 2 N–H and O–H groups in total. The third-order valence-corrected chi connectivity index (χ3v) is 5.98. The van der Waals surface area contributed by atoms with E-state index < -0.39 is 22.1 Å². The first-order valence-corrected chi connectivity index (χ1v) is 8.94. The summed E-state index contributed by atoms with van der Waals surface area (Å²) in [6.45, 7) is 1.72. The summed E-state index contributed by atoms with van der Waals surface area (Å²) >= 11 is 6.50. The Balaban J connectivity index is 2.92. The van der Waals surface area contributed by atoms with Gasteiger partial charge in [0, 0.05) is 22.6 Å². The number of carbonyl (C=O) groups is 1. The number of nitrogens with one attached hydrogen (secondary N) is 1. The van der Waals surface area contributed by atoms with E-state index in [2.05, 4.69) is 36.6 Å². The third-order valence-electron chi connectivity index (χ3n) is 2.74. The maximum Gasteiger partial charge on any atom is 0.306 e. The number of methoxy groups -OCH3 is 1. The Kier molecular flexibility index (Phi) is 6.79. The standard InChI is InChI=1S/C12H15Br2NO5S/c1-7-3-10(14)11(5-9(7)13)21(18,19)15-6-8(20-2)4-12(16)17/h3,5,8,15H,4,6H2,1-2H3,(H,16,17). The van der Waals surface area contributed by atoms with Gasteiger partial charge >= 0.3 is 5.97 Å². The second-order valence-electron chi connectivity index (χ2n) is 4.34. The third kappa shape index (κ3) is 5.33. The van der Waals surface area contributed by atoms with Gasteiger partial charge in [-0.25, -0.2) is 13.1 Å². The molecule has 0 aliphatic carbocycles. The second kappa shape index (κ2) is 7.68. The molecule has 118 valence electrons. The topological polar surface area (TPSA) is 92.7 Å². The van der Waals surface area contributed by atoms with Crippen LogP contribution in [0.5, 0.6) is 0 Å². The van der Waals surface area contributed by atoms with Gasteiger partial charge in [-0.15, -0.1) is 0 Å². The van der Waals surface area contributed by atoms with Crippen LogP contribution in [0.2, 0.25) is 0 Å². The molecule has 0 heterocycles. The fourth-order valence-electron chi connectivity index (χ4n) is 1.55. The van der Waals surface area contributed by atoms with Gasteiger partial charge in [0.15, 0.2) is 0 Å². The van der Waals surface area contributed by atoms with E-state index in [9.17, 15) is 13.2 Å². The Hall–Kier alpha value is -0.480. The number of halogens is 2. The van der Waals surface area contributed by atoms with Crippen LogP contribution in [0, 0.1) is 6.92 Å². The van der Waals surface area contributed by atoms with Crippen LogP contribution in [0.3, 0.4) is 0 Å². The van der Waals surface area contributed by atoms with Crippen molar-refractivity contribution >= 4 is 47.9 Å². The van der Waals surface area contributed by atoms with Crippen molar-refractivity contribution in [2.24, 2.45) is 0 Å². The summed E-state index contributed by atoms with van der Waals surface area (Å²) in [6, 6.07) is 3.17. The van der Waals surface area contributed by atoms with Crippen LogP contribution in [-0.2, 0) is 19.6 Å². The minimum atomic E-state index is -3.77. The van der Waals surface area contributed by atoms with Gasteiger partial charge in [-0.1, -0.05) is 15.9 Å². The van der Waals surface area contributed by atoms with Crippen molar-refractivity contribution in [2.75, 3.05) is 13.7 Å². The van der Waals surface area contributed by atoms with E-state index in [4.69, 9.17) is 9.84 Å². The predicted molar refractivity (Wildman–Crippen MR) is 84.8 cm³/mol. The smallest absolute Gasteiger partial charge is 0.306 e. The SMILES string of the molecule is COC(CNS(=O)(=O)c1cc(Br)c(C)cc1Br)CC(=O)O. The molecule has 1 aromatic carbocycles. The zero-order chi connectivity index (χ0) is 16.2. The van der Waals surface area contributed by atoms with Gasteiger partial charge in [-0.05, 0) is 40.5 Å². The lowest BCUT2D eigenvalue weighted by Gasteiger charge is -2.15. The highest BCUT2D eigenvalue weighted by atomic mass is 79.9. The Bertz CT molecular complexity index is 633. The Labute approximate surface area is 140 Å². The molecule has 0 amide bonds. The molecule has 0 aliphatic heterocycles. The molecule has 1 aromatic rings. The zero-order valence-electron chi connectivity index (χ0n) is 11.4.